The van der Waals surface area contributed by atoms with Gasteiger partial charge in [0.2, 0.25) is 17.7 Å². The van der Waals surface area contributed by atoms with Gasteiger partial charge in [0, 0.05) is 38.8 Å². The van der Waals surface area contributed by atoms with E-state index in [1.165, 1.54) is 4.90 Å². The summed E-state index contributed by atoms with van der Waals surface area (Å²) in [6.45, 7) is 2.60. The number of rotatable bonds is 8. The lowest BCUT2D eigenvalue weighted by atomic mass is 9.74. The molecule has 2 heterocycles. The second-order valence-electron chi connectivity index (χ2n) is 8.95. The molecule has 1 fully saturated rings. The summed E-state index contributed by atoms with van der Waals surface area (Å²) in [5.74, 6) is -0.735. The molecule has 4 rings (SSSR count). The van der Waals surface area contributed by atoms with Gasteiger partial charge in [-0.25, -0.2) is 0 Å². The van der Waals surface area contributed by atoms with Crippen LogP contribution in [0.3, 0.4) is 0 Å². The van der Waals surface area contributed by atoms with Crippen LogP contribution < -0.4 is 0 Å². The van der Waals surface area contributed by atoms with E-state index in [1.807, 2.05) is 67.6 Å². The number of hydrogen-bond donors (Lipinski definition) is 0. The highest BCUT2D eigenvalue weighted by Gasteiger charge is 2.54. The van der Waals surface area contributed by atoms with Gasteiger partial charge >= 0.3 is 0 Å². The largest absolute Gasteiger partial charge is 0.345 e. The van der Waals surface area contributed by atoms with E-state index in [0.29, 0.717) is 6.54 Å². The van der Waals surface area contributed by atoms with Gasteiger partial charge in [-0.3, -0.25) is 24.3 Å². The Kier molecular flexibility index (Phi) is 6.87. The minimum absolute atomic E-state index is 0.0186. The highest BCUT2D eigenvalue weighted by molar-refractivity contribution is 6.10. The number of aryl methyl sites for hydroxylation is 1. The molecule has 0 aliphatic carbocycles. The highest BCUT2D eigenvalue weighted by Crippen LogP contribution is 2.42. The van der Waals surface area contributed by atoms with E-state index < -0.39 is 5.41 Å². The maximum Gasteiger partial charge on any atom is 0.241 e. The predicted molar refractivity (Wildman–Crippen MR) is 130 cm³/mol. The molecule has 6 heteroatoms. The quantitative estimate of drug-likeness (QED) is 0.486. The zero-order valence-corrected chi connectivity index (χ0v) is 19.6. The van der Waals surface area contributed by atoms with Crippen molar-refractivity contribution >= 4 is 17.7 Å². The summed E-state index contributed by atoms with van der Waals surface area (Å²) in [7, 11) is 1.76. The van der Waals surface area contributed by atoms with Crippen LogP contribution in [0.2, 0.25) is 0 Å². The predicted octanol–water partition coefficient (Wildman–Crippen LogP) is 3.68. The summed E-state index contributed by atoms with van der Waals surface area (Å²) in [5, 5.41) is 0. The van der Waals surface area contributed by atoms with Crippen LogP contribution in [0.1, 0.15) is 35.1 Å². The van der Waals surface area contributed by atoms with Crippen LogP contribution in [0.4, 0.5) is 0 Å². The van der Waals surface area contributed by atoms with E-state index >= 15 is 0 Å². The number of nitrogens with zero attached hydrogens (tertiary/aromatic N) is 3. The minimum atomic E-state index is -1.21. The molecule has 174 valence electrons. The van der Waals surface area contributed by atoms with Crippen molar-refractivity contribution in [2.75, 3.05) is 13.6 Å². The third kappa shape index (κ3) is 4.76. The summed E-state index contributed by atoms with van der Waals surface area (Å²) >= 11 is 0. The Morgan fingerprint density at radius 2 is 1.71 bits per heavy atom. The van der Waals surface area contributed by atoms with Crippen LogP contribution in [0.5, 0.6) is 0 Å². The van der Waals surface area contributed by atoms with Crippen LogP contribution in [-0.4, -0.2) is 46.1 Å². The van der Waals surface area contributed by atoms with Crippen LogP contribution in [-0.2, 0) is 32.8 Å². The van der Waals surface area contributed by atoms with Gasteiger partial charge < -0.3 is 4.90 Å². The molecule has 34 heavy (non-hydrogen) atoms. The number of carbonyl (C=O) groups is 3. The number of amides is 3. The van der Waals surface area contributed by atoms with Crippen molar-refractivity contribution in [2.45, 2.75) is 38.1 Å². The Morgan fingerprint density at radius 1 is 1.00 bits per heavy atom. The third-order valence-corrected chi connectivity index (χ3v) is 6.59. The van der Waals surface area contributed by atoms with Crippen LogP contribution in [0.15, 0.2) is 79.1 Å². The average molecular weight is 456 g/mol. The minimum Gasteiger partial charge on any atom is -0.345 e. The SMILES string of the molecule is Cc1ccccc1[C@@]1(CC(=O)N(C)CCc2ccccc2)CC(=O)N(Cc2cccnc2)C1=O. The summed E-state index contributed by atoms with van der Waals surface area (Å²) in [4.78, 5) is 47.4. The molecular formula is C28H29N3O3. The van der Waals surface area contributed by atoms with Crippen molar-refractivity contribution < 1.29 is 14.4 Å². The second kappa shape index (κ2) is 10.00. The number of pyridine rings is 1. The van der Waals surface area contributed by atoms with Crippen LogP contribution >= 0.6 is 0 Å². The van der Waals surface area contributed by atoms with Crippen molar-refractivity contribution in [1.29, 1.82) is 0 Å². The fourth-order valence-electron chi connectivity index (χ4n) is 4.65. The van der Waals surface area contributed by atoms with Gasteiger partial charge in [-0.15, -0.1) is 0 Å². The normalized spacial score (nSPS) is 17.8. The van der Waals surface area contributed by atoms with Gasteiger partial charge in [-0.1, -0.05) is 60.7 Å². The molecule has 0 radical (unpaired) electrons. The Labute approximate surface area is 200 Å². The highest BCUT2D eigenvalue weighted by atomic mass is 16.2. The lowest BCUT2D eigenvalue weighted by Crippen LogP contribution is -2.43. The zero-order valence-electron chi connectivity index (χ0n) is 19.6. The first-order valence-electron chi connectivity index (χ1n) is 11.5. The monoisotopic (exact) mass is 455 g/mol. The van der Waals surface area contributed by atoms with E-state index in [9.17, 15) is 14.4 Å². The molecule has 0 saturated carbocycles. The van der Waals surface area contributed by atoms with E-state index in [2.05, 4.69) is 4.98 Å². The molecule has 0 spiro atoms. The fraction of sp³-hybridized carbons (Fsp3) is 0.286. The first-order chi connectivity index (χ1) is 16.4. The van der Waals surface area contributed by atoms with E-state index in [1.54, 1.807) is 30.4 Å². The number of aromatic nitrogens is 1. The number of likely N-dealkylation sites (N-methyl/N-ethyl adjacent to an activating group) is 1. The second-order valence-corrected chi connectivity index (χ2v) is 8.95. The molecule has 1 aliphatic heterocycles. The molecule has 1 aromatic heterocycles. The number of carbonyl (C=O) groups excluding carboxylic acids is 3. The lowest BCUT2D eigenvalue weighted by Gasteiger charge is -2.30. The van der Waals surface area contributed by atoms with Crippen molar-refractivity contribution in [3.05, 3.63) is 101 Å². The molecule has 2 aromatic carbocycles. The van der Waals surface area contributed by atoms with Crippen molar-refractivity contribution in [3.8, 4) is 0 Å². The lowest BCUT2D eigenvalue weighted by molar-refractivity contribution is -0.143. The zero-order chi connectivity index (χ0) is 24.1. The molecule has 1 saturated heterocycles. The van der Waals surface area contributed by atoms with Crippen LogP contribution in [0, 0.1) is 6.92 Å². The Bertz CT molecular complexity index is 1180. The average Bonchev–Trinajstić information content (AvgIpc) is 3.08. The molecule has 6 nitrogen and oxygen atoms in total. The molecule has 3 aromatic rings. The van der Waals surface area contributed by atoms with Gasteiger partial charge in [0.05, 0.1) is 12.0 Å². The van der Waals surface area contributed by atoms with E-state index in [4.69, 9.17) is 0 Å². The van der Waals surface area contributed by atoms with Crippen molar-refractivity contribution in [2.24, 2.45) is 0 Å². The maximum atomic E-state index is 13.8. The molecular weight excluding hydrogens is 426 g/mol. The number of benzene rings is 2. The molecule has 3 amide bonds. The number of hydrogen-bond acceptors (Lipinski definition) is 4. The maximum absolute atomic E-state index is 13.8. The summed E-state index contributed by atoms with van der Waals surface area (Å²) < 4.78 is 0. The molecule has 0 unspecified atom stereocenters. The Morgan fingerprint density at radius 3 is 2.41 bits per heavy atom. The Hall–Kier alpha value is -3.80. The summed E-state index contributed by atoms with van der Waals surface area (Å²) in [5.41, 5.74) is 2.35. The fourth-order valence-corrected chi connectivity index (χ4v) is 4.65. The molecule has 1 aliphatic rings. The van der Waals surface area contributed by atoms with Gasteiger partial charge in [0.15, 0.2) is 0 Å². The number of likely N-dealkylation sites (tertiary alicyclic amines) is 1. The van der Waals surface area contributed by atoms with Gasteiger partial charge in [0.1, 0.15) is 0 Å². The molecule has 0 bridgehead atoms. The first-order valence-corrected chi connectivity index (χ1v) is 11.5. The topological polar surface area (TPSA) is 70.6 Å². The van der Waals surface area contributed by atoms with Gasteiger partial charge in [0.25, 0.3) is 0 Å². The standard InChI is InChI=1S/C28H29N3O3/c1-21-9-6-7-13-24(21)28(17-25(32)30(2)16-14-22-10-4-3-5-11-22)18-26(33)31(27(28)34)20-23-12-8-15-29-19-23/h3-13,15,19H,14,16-18,20H2,1-2H3/t28-/m1/s1. The summed E-state index contributed by atoms with van der Waals surface area (Å²) in [6, 6.07) is 21.1. The smallest absolute Gasteiger partial charge is 0.241 e. The van der Waals surface area contributed by atoms with E-state index in [0.717, 1.165) is 28.7 Å². The third-order valence-electron chi connectivity index (χ3n) is 6.59. The van der Waals surface area contributed by atoms with Crippen LogP contribution in [0.25, 0.3) is 0 Å². The van der Waals surface area contributed by atoms with E-state index in [-0.39, 0.29) is 37.1 Å². The van der Waals surface area contributed by atoms with Crippen molar-refractivity contribution in [3.63, 3.8) is 0 Å². The number of imide groups is 1. The molecule has 1 atom stereocenters. The van der Waals surface area contributed by atoms with Crippen molar-refractivity contribution in [1.82, 2.24) is 14.8 Å². The Balaban J connectivity index is 1.59. The van der Waals surface area contributed by atoms with Gasteiger partial charge in [-0.05, 0) is 41.7 Å². The van der Waals surface area contributed by atoms with Gasteiger partial charge in [-0.2, -0.15) is 0 Å². The first kappa shape index (κ1) is 23.4. The molecule has 0 N–H and O–H groups in total. The summed E-state index contributed by atoms with van der Waals surface area (Å²) in [6.07, 6.45) is 3.96.